The van der Waals surface area contributed by atoms with Gasteiger partial charge in [0.25, 0.3) is 14.4 Å². The Morgan fingerprint density at radius 1 is 0.798 bits per heavy atom. The van der Waals surface area contributed by atoms with Crippen LogP contribution in [0.1, 0.15) is 116 Å². The van der Waals surface area contributed by atoms with Crippen LogP contribution in [0.15, 0.2) is 164 Å². The number of benzene rings is 6. The van der Waals surface area contributed by atoms with Crippen LogP contribution in [0, 0.1) is 11.3 Å². The van der Waals surface area contributed by atoms with Gasteiger partial charge in [0, 0.05) is 81.6 Å². The number of ether oxygens (including phenoxy) is 6. The maximum atomic E-state index is 13.9. The molecule has 3 N–H and O–H groups in total. The van der Waals surface area contributed by atoms with Crippen molar-refractivity contribution in [2.24, 2.45) is 0 Å². The van der Waals surface area contributed by atoms with Crippen molar-refractivity contribution in [3.63, 3.8) is 0 Å². The van der Waals surface area contributed by atoms with E-state index in [0.29, 0.717) is 53.8 Å². The molecule has 10 rings (SSSR count). The molecule has 519 valence electrons. The second-order valence-corrected chi connectivity index (χ2v) is 25.4. The van der Waals surface area contributed by atoms with E-state index in [1.165, 1.54) is 11.2 Å². The third kappa shape index (κ3) is 19.2. The first-order valence-corrected chi connectivity index (χ1v) is 33.6. The van der Waals surface area contributed by atoms with Crippen molar-refractivity contribution in [2.45, 2.75) is 114 Å². The largest absolute Gasteiger partial charge is 0.667 e. The van der Waals surface area contributed by atoms with E-state index in [2.05, 4.69) is 78.0 Å². The quantitative estimate of drug-likeness (QED) is 0.0130. The molecule has 6 aromatic carbocycles. The predicted octanol–water partition coefficient (Wildman–Crippen LogP) is 12.4. The van der Waals surface area contributed by atoms with Gasteiger partial charge in [-0.15, -0.1) is 0 Å². The van der Waals surface area contributed by atoms with Crippen molar-refractivity contribution in [3.05, 3.63) is 209 Å². The minimum atomic E-state index is -1.73. The summed E-state index contributed by atoms with van der Waals surface area (Å²) < 4.78 is 54.2. The van der Waals surface area contributed by atoms with Crippen molar-refractivity contribution >= 4 is 55.5 Å². The summed E-state index contributed by atoms with van der Waals surface area (Å²) in [6, 6.07) is 50.0. The molecule has 2 aromatic heterocycles. The average molecular weight is 1400 g/mol. The fraction of sp³-hybridized carbons (Fsp3) is 0.365. The molecule has 2 aliphatic rings. The molecule has 0 bridgehead atoms. The molecule has 99 heavy (non-hydrogen) atoms. The summed E-state index contributed by atoms with van der Waals surface area (Å²) in [5, 5.41) is 20.4. The first kappa shape index (κ1) is 76.0. The van der Waals surface area contributed by atoms with Gasteiger partial charge in [-0.05, 0) is 121 Å². The van der Waals surface area contributed by atoms with E-state index in [0.717, 1.165) is 44.5 Å². The number of aldehydes is 1. The Bertz CT molecular complexity index is 3890. The standard InChI is InChI=1S/C71H77N8O12P.C3H6NO2.V/c1-47(2)79(48(3)4)92(89-40-16-38-72)91-62-41-64(90-63(62)44-88-71(51-17-9-8-10-18-51,52-29-34-55(84-6)35-30-52)53-31-36-56(85-7)37-32-53)78-46-75-66-67(73-45-74-68(66)78)76-69(82)50-27-24-49(25-28-50)26-33-54(80)42-86-65(81)23-15-39-77(5)70(83)87-43-61-59-21-13-11-19-57(59)58-20-12-14-22-60(58)61;4-3(1-5)2-6;/h8-14,17-22,24-25,27-32,34-37,45-48,61-64H,15-16,23,26,33,39-44H2,1-7H3,(H,73,74,76,82);1,3-4,6H,2H2;/q;-1;/t62-,63-,64-,92?;3-;/m11./s1. The number of imidazole rings is 1. The van der Waals surface area contributed by atoms with E-state index in [-0.39, 0.29) is 107 Å². The van der Waals surface area contributed by atoms with Gasteiger partial charge < -0.3 is 63.3 Å². The second-order valence-electron chi connectivity index (χ2n) is 24.0. The zero-order valence-corrected chi connectivity index (χ0v) is 58.8. The SMILES string of the molecule is COc1ccc(C(OC[C@H]2O[C@@H](n3cnc4c(NC(=O)c5ccc(CCC(=O)COC(=O)CCCN(C)C(=O)OCC6c7ccccc7-c7ccccc76)cc5)ncnc43)C[C@H]2OP(OCCC#N)N(C(C)C)C(C)C)(c2ccccc2)c2ccc(OC)cc2)cc1.[NH-][C@H](C=O)CO.[V]. The molecule has 0 spiro atoms. The molecule has 1 aliphatic carbocycles. The Morgan fingerprint density at radius 2 is 1.40 bits per heavy atom. The summed E-state index contributed by atoms with van der Waals surface area (Å²) in [6.07, 6.45) is 2.18. The second kappa shape index (κ2) is 36.9. The smallest absolute Gasteiger partial charge is 0.409 e. The number of carbonyl (C=O) groups is 5. The van der Waals surface area contributed by atoms with Crippen molar-refractivity contribution in [1.29, 1.82) is 5.26 Å². The maximum absolute atomic E-state index is 13.9. The zero-order chi connectivity index (χ0) is 69.7. The van der Waals surface area contributed by atoms with E-state index >= 15 is 0 Å². The summed E-state index contributed by atoms with van der Waals surface area (Å²) in [5.74, 6) is 0.257. The van der Waals surface area contributed by atoms with Crippen LogP contribution in [-0.2, 0) is 73.0 Å². The van der Waals surface area contributed by atoms with Crippen LogP contribution in [0.4, 0.5) is 10.6 Å². The minimum absolute atomic E-state index is 0. The number of aliphatic hydroxyl groups excluding tert-OH is 1. The number of amides is 2. The maximum Gasteiger partial charge on any atom is 0.409 e. The van der Waals surface area contributed by atoms with Gasteiger partial charge in [-0.3, -0.25) is 19.0 Å². The summed E-state index contributed by atoms with van der Waals surface area (Å²) in [4.78, 5) is 76.9. The van der Waals surface area contributed by atoms with Crippen LogP contribution < -0.4 is 14.8 Å². The monoisotopic (exact) mass is 1400 g/mol. The molecule has 0 saturated carbocycles. The fourth-order valence-electron chi connectivity index (χ4n) is 11.9. The van der Waals surface area contributed by atoms with E-state index in [4.69, 9.17) is 53.3 Å². The number of carbonyl (C=O) groups excluding carboxylic acids is 5. The number of aryl methyl sites for hydroxylation is 1. The van der Waals surface area contributed by atoms with Crippen LogP contribution in [-0.4, -0.2) is 155 Å². The molecule has 8 aromatic rings. The van der Waals surface area contributed by atoms with Gasteiger partial charge >= 0.3 is 12.1 Å². The van der Waals surface area contributed by atoms with Crippen molar-refractivity contribution in [1.82, 2.24) is 29.1 Å². The van der Waals surface area contributed by atoms with Gasteiger partial charge in [0.2, 0.25) is 0 Å². The normalized spacial score (nSPS) is 15.4. The van der Waals surface area contributed by atoms with Gasteiger partial charge in [-0.25, -0.2) is 24.4 Å². The Balaban J connectivity index is 0.00000171. The third-order valence-corrected chi connectivity index (χ3v) is 18.9. The molecule has 25 heteroatoms. The number of aliphatic hydroxyl groups is 1. The number of hydrogen-bond acceptors (Lipinski definition) is 19. The van der Waals surface area contributed by atoms with Crippen LogP contribution in [0.3, 0.4) is 0 Å². The van der Waals surface area contributed by atoms with E-state index in [1.807, 2.05) is 103 Å². The molecule has 1 fully saturated rings. The number of nitrogens with one attached hydrogen (secondary N) is 2. The molecule has 23 nitrogen and oxygen atoms in total. The van der Waals surface area contributed by atoms with Crippen molar-refractivity contribution in [3.8, 4) is 28.7 Å². The number of rotatable bonds is 32. The summed E-state index contributed by atoms with van der Waals surface area (Å²) >= 11 is 0. The Morgan fingerprint density at radius 3 is 1.98 bits per heavy atom. The molecule has 2 amide bonds. The van der Waals surface area contributed by atoms with Crippen LogP contribution in [0.25, 0.3) is 28.0 Å². The van der Waals surface area contributed by atoms with Crippen LogP contribution >= 0.6 is 8.53 Å². The van der Waals surface area contributed by atoms with E-state index in [9.17, 15) is 29.2 Å². The third-order valence-electron chi connectivity index (χ3n) is 16.8. The van der Waals surface area contributed by atoms with Gasteiger partial charge in [0.1, 0.15) is 55.3 Å². The molecular formula is C74H83N9O14PV-. The minimum Gasteiger partial charge on any atom is -0.667 e. The number of nitriles is 1. The summed E-state index contributed by atoms with van der Waals surface area (Å²) in [6.45, 7) is 8.26. The van der Waals surface area contributed by atoms with Crippen LogP contribution in [0.2, 0.25) is 0 Å². The first-order chi connectivity index (χ1) is 47.5. The average Bonchev–Trinajstić information content (AvgIpc) is 1.73. The number of nitrogens with zero attached hydrogens (tertiary/aromatic N) is 7. The number of ketones is 1. The summed E-state index contributed by atoms with van der Waals surface area (Å²) in [5.41, 5.74) is 14.2. The Hall–Kier alpha value is -8.76. The summed E-state index contributed by atoms with van der Waals surface area (Å²) in [7, 11) is 3.15. The van der Waals surface area contributed by atoms with Gasteiger partial charge in [-0.1, -0.05) is 121 Å². The number of hydrogen-bond donors (Lipinski definition) is 2. The predicted molar refractivity (Wildman–Crippen MR) is 369 cm³/mol. The van der Waals surface area contributed by atoms with Gasteiger partial charge in [0.05, 0.1) is 52.4 Å². The molecule has 1 unspecified atom stereocenters. The molecular weight excluding hydrogens is 1320 g/mol. The number of anilines is 1. The van der Waals surface area contributed by atoms with E-state index < -0.39 is 56.6 Å². The first-order valence-electron chi connectivity index (χ1n) is 32.5. The Labute approximate surface area is 590 Å². The number of Topliss-reactive ketones (excluding diaryl/α,β-unsaturated/α-hetero) is 1. The zero-order valence-electron chi connectivity index (χ0n) is 56.5. The van der Waals surface area contributed by atoms with Crippen molar-refractivity contribution < 1.29 is 85.1 Å². The molecule has 5 atom stereocenters. The van der Waals surface area contributed by atoms with Crippen LogP contribution in [0.5, 0.6) is 11.5 Å². The molecule has 1 saturated heterocycles. The number of esters is 1. The van der Waals surface area contributed by atoms with Gasteiger partial charge in [0.15, 0.2) is 22.8 Å². The molecule has 1 aliphatic heterocycles. The number of fused-ring (bicyclic) bond motifs is 4. The van der Waals surface area contributed by atoms with Gasteiger partial charge in [-0.2, -0.15) is 5.26 Å². The molecule has 1 radical (unpaired) electrons. The number of methoxy groups -OCH3 is 2. The van der Waals surface area contributed by atoms with E-state index in [1.54, 1.807) is 56.4 Å². The number of aromatic nitrogens is 4. The topological polar surface area (TPSA) is 289 Å². The van der Waals surface area contributed by atoms with Crippen molar-refractivity contribution in [2.75, 3.05) is 66.2 Å². The Kier molecular flexibility index (Phi) is 28.3. The molecule has 3 heterocycles. The fourth-order valence-corrected chi connectivity index (χ4v) is 13.6.